The van der Waals surface area contributed by atoms with Crippen molar-refractivity contribution in [3.8, 4) is 0 Å². The van der Waals surface area contributed by atoms with E-state index < -0.39 is 28.9 Å². The molecular formula is C18H17F5N6. The van der Waals surface area contributed by atoms with E-state index in [1.54, 1.807) is 6.92 Å². The number of aromatic nitrogens is 4. The van der Waals surface area contributed by atoms with Gasteiger partial charge < -0.3 is 4.90 Å². The highest BCUT2D eigenvalue weighted by molar-refractivity contribution is 5.84. The van der Waals surface area contributed by atoms with E-state index in [0.717, 1.165) is 30.4 Å². The number of aryl methyl sites for hydroxylation is 1. The molecule has 2 aliphatic heterocycles. The molecule has 5 rings (SSSR count). The Morgan fingerprint density at radius 2 is 1.86 bits per heavy atom. The summed E-state index contributed by atoms with van der Waals surface area (Å²) >= 11 is 0. The number of benzene rings is 1. The number of alkyl halides is 3. The van der Waals surface area contributed by atoms with Crippen molar-refractivity contribution in [1.82, 2.24) is 24.5 Å². The Hall–Kier alpha value is -2.56. The molecule has 2 fully saturated rings. The molecule has 0 amide bonds. The monoisotopic (exact) mass is 412 g/mol. The normalized spacial score (nSPS) is 20.8. The summed E-state index contributed by atoms with van der Waals surface area (Å²) in [5.41, 5.74) is -2.21. The largest absolute Gasteiger partial charge is 0.419 e. The molecule has 0 N–H and O–H groups in total. The fourth-order valence-electron chi connectivity index (χ4n) is 4.36. The predicted molar refractivity (Wildman–Crippen MR) is 94.8 cm³/mol. The van der Waals surface area contributed by atoms with Crippen LogP contribution >= 0.6 is 0 Å². The highest BCUT2D eigenvalue weighted by atomic mass is 19.4. The van der Waals surface area contributed by atoms with Gasteiger partial charge in [-0.3, -0.25) is 4.90 Å². The van der Waals surface area contributed by atoms with Crippen molar-refractivity contribution in [2.75, 3.05) is 31.1 Å². The van der Waals surface area contributed by atoms with Crippen LogP contribution in [0.5, 0.6) is 0 Å². The van der Waals surface area contributed by atoms with E-state index in [2.05, 4.69) is 20.0 Å². The molecule has 0 aliphatic carbocycles. The summed E-state index contributed by atoms with van der Waals surface area (Å²) in [6.07, 6.45) is -2.91. The Bertz CT molecular complexity index is 1120. The number of hydrogen-bond donors (Lipinski definition) is 0. The van der Waals surface area contributed by atoms with Crippen molar-refractivity contribution >= 4 is 22.5 Å². The molecule has 0 spiro atoms. The Balaban J connectivity index is 1.74. The average Bonchev–Trinajstić information content (AvgIpc) is 3.28. The average molecular weight is 412 g/mol. The molecule has 0 saturated carbocycles. The lowest BCUT2D eigenvalue weighted by atomic mass is 10.1. The number of anilines is 1. The first kappa shape index (κ1) is 18.5. The Kier molecular flexibility index (Phi) is 3.96. The standard InChI is InChI=1S/C18H17F5N6/c1-9-24-17-16(28-6-5-27-4-2-3-10(27)8-28)25-15-12(29(17)26-9)7-11(18(21,22)23)13(19)14(15)20/h7,10H,2-6,8H2,1H3. The van der Waals surface area contributed by atoms with Gasteiger partial charge in [0.25, 0.3) is 0 Å². The van der Waals surface area contributed by atoms with Gasteiger partial charge in [0.05, 0.1) is 11.1 Å². The van der Waals surface area contributed by atoms with Gasteiger partial charge in [-0.25, -0.2) is 23.3 Å². The lowest BCUT2D eigenvalue weighted by Gasteiger charge is -2.38. The zero-order chi connectivity index (χ0) is 20.5. The topological polar surface area (TPSA) is 49.6 Å². The maximum atomic E-state index is 14.7. The minimum atomic E-state index is -5.04. The van der Waals surface area contributed by atoms with Crippen molar-refractivity contribution in [2.24, 2.45) is 0 Å². The van der Waals surface area contributed by atoms with E-state index in [0.29, 0.717) is 36.8 Å². The molecule has 154 valence electrons. The van der Waals surface area contributed by atoms with Crippen molar-refractivity contribution < 1.29 is 22.0 Å². The van der Waals surface area contributed by atoms with Gasteiger partial charge in [0.1, 0.15) is 11.3 Å². The first-order chi connectivity index (χ1) is 13.7. The zero-order valence-electron chi connectivity index (χ0n) is 15.5. The van der Waals surface area contributed by atoms with Crippen LogP contribution in [0.2, 0.25) is 0 Å². The Morgan fingerprint density at radius 3 is 2.62 bits per heavy atom. The van der Waals surface area contributed by atoms with Crippen LogP contribution in [-0.2, 0) is 6.18 Å². The third-order valence-corrected chi connectivity index (χ3v) is 5.71. The number of piperazine rings is 1. The lowest BCUT2D eigenvalue weighted by molar-refractivity contribution is -0.140. The van der Waals surface area contributed by atoms with Gasteiger partial charge in [0.2, 0.25) is 0 Å². The number of hydrogen-bond acceptors (Lipinski definition) is 5. The van der Waals surface area contributed by atoms with E-state index >= 15 is 0 Å². The van der Waals surface area contributed by atoms with Crippen LogP contribution in [-0.4, -0.2) is 56.7 Å². The molecular weight excluding hydrogens is 395 g/mol. The van der Waals surface area contributed by atoms with E-state index in [9.17, 15) is 22.0 Å². The van der Waals surface area contributed by atoms with Gasteiger partial charge in [-0.1, -0.05) is 0 Å². The van der Waals surface area contributed by atoms with Crippen LogP contribution in [0.4, 0.5) is 27.8 Å². The highest BCUT2D eigenvalue weighted by Gasteiger charge is 2.38. The molecule has 2 saturated heterocycles. The number of nitrogens with zero attached hydrogens (tertiary/aromatic N) is 6. The van der Waals surface area contributed by atoms with Crippen molar-refractivity contribution in [2.45, 2.75) is 32.0 Å². The second-order valence-electron chi connectivity index (χ2n) is 7.53. The fraction of sp³-hybridized carbons (Fsp3) is 0.500. The maximum Gasteiger partial charge on any atom is 0.419 e. The summed E-state index contributed by atoms with van der Waals surface area (Å²) in [7, 11) is 0. The molecule has 1 aromatic carbocycles. The summed E-state index contributed by atoms with van der Waals surface area (Å²) in [6, 6.07) is 0.875. The first-order valence-electron chi connectivity index (χ1n) is 9.35. The van der Waals surface area contributed by atoms with Crippen molar-refractivity contribution in [3.05, 3.63) is 29.1 Å². The van der Waals surface area contributed by atoms with Crippen molar-refractivity contribution in [3.63, 3.8) is 0 Å². The quantitative estimate of drug-likeness (QED) is 0.575. The van der Waals surface area contributed by atoms with Gasteiger partial charge in [-0.15, -0.1) is 0 Å². The zero-order valence-corrected chi connectivity index (χ0v) is 15.5. The molecule has 0 radical (unpaired) electrons. The summed E-state index contributed by atoms with van der Waals surface area (Å²) < 4.78 is 69.5. The first-order valence-corrected chi connectivity index (χ1v) is 9.35. The van der Waals surface area contributed by atoms with Crippen molar-refractivity contribution in [1.29, 1.82) is 0 Å². The molecule has 2 aliphatic rings. The highest BCUT2D eigenvalue weighted by Crippen LogP contribution is 2.36. The number of halogens is 5. The van der Waals surface area contributed by atoms with E-state index in [1.165, 1.54) is 0 Å². The van der Waals surface area contributed by atoms with E-state index in [-0.39, 0.29) is 11.2 Å². The second kappa shape index (κ2) is 6.22. The number of fused-ring (bicyclic) bond motifs is 4. The van der Waals surface area contributed by atoms with Gasteiger partial charge in [0, 0.05) is 25.7 Å². The molecule has 1 atom stereocenters. The maximum absolute atomic E-state index is 14.7. The smallest absolute Gasteiger partial charge is 0.351 e. The molecule has 4 heterocycles. The fourth-order valence-corrected chi connectivity index (χ4v) is 4.36. The summed E-state index contributed by atoms with van der Waals surface area (Å²) in [6.45, 7) is 4.67. The van der Waals surface area contributed by atoms with Gasteiger partial charge in [-0.2, -0.15) is 18.3 Å². The minimum Gasteiger partial charge on any atom is -0.351 e. The Labute approximate surface area is 161 Å². The third-order valence-electron chi connectivity index (χ3n) is 5.71. The third kappa shape index (κ3) is 2.82. The van der Waals surface area contributed by atoms with Crippen LogP contribution in [0, 0.1) is 18.6 Å². The second-order valence-corrected chi connectivity index (χ2v) is 7.53. The summed E-state index contributed by atoms with van der Waals surface area (Å²) in [4.78, 5) is 12.9. The van der Waals surface area contributed by atoms with E-state index in [1.807, 2.05) is 4.90 Å². The van der Waals surface area contributed by atoms with Crippen LogP contribution in [0.3, 0.4) is 0 Å². The van der Waals surface area contributed by atoms with Crippen LogP contribution < -0.4 is 4.90 Å². The molecule has 2 aromatic heterocycles. The number of rotatable bonds is 1. The molecule has 11 heteroatoms. The van der Waals surface area contributed by atoms with Crippen LogP contribution in [0.15, 0.2) is 6.07 Å². The Morgan fingerprint density at radius 1 is 1.07 bits per heavy atom. The van der Waals surface area contributed by atoms with E-state index in [4.69, 9.17) is 0 Å². The molecule has 0 bridgehead atoms. The predicted octanol–water partition coefficient (Wildman–Crippen LogP) is 3.17. The van der Waals surface area contributed by atoms with Gasteiger partial charge >= 0.3 is 6.18 Å². The SMILES string of the molecule is Cc1nc2c(N3CCN4CCCC4C3)nc3c(F)c(F)c(C(F)(F)F)cc3n2n1. The summed E-state index contributed by atoms with van der Waals surface area (Å²) in [5, 5.41) is 4.13. The van der Waals surface area contributed by atoms with Gasteiger partial charge in [0.15, 0.2) is 23.1 Å². The molecule has 29 heavy (non-hydrogen) atoms. The lowest BCUT2D eigenvalue weighted by Crippen LogP contribution is -2.50. The molecule has 1 unspecified atom stereocenters. The van der Waals surface area contributed by atoms with Gasteiger partial charge in [-0.05, 0) is 32.4 Å². The summed E-state index contributed by atoms with van der Waals surface area (Å²) in [5.74, 6) is -2.98. The molecule has 3 aromatic rings. The minimum absolute atomic E-state index is 0.237. The molecule has 6 nitrogen and oxygen atoms in total. The van der Waals surface area contributed by atoms with Crippen LogP contribution in [0.1, 0.15) is 24.2 Å². The van der Waals surface area contributed by atoms with Crippen LogP contribution in [0.25, 0.3) is 16.7 Å².